The van der Waals surface area contributed by atoms with Gasteiger partial charge < -0.3 is 4.74 Å². The Hall–Kier alpha value is -1.34. The number of nitrogens with one attached hydrogen (secondary N) is 1. The lowest BCUT2D eigenvalue weighted by atomic mass is 10.1. The first-order valence-electron chi connectivity index (χ1n) is 5.08. The lowest BCUT2D eigenvalue weighted by molar-refractivity contribution is -0.146. The predicted molar refractivity (Wildman–Crippen MR) is 60.2 cm³/mol. The Bertz CT molecular complexity index is 464. The lowest BCUT2D eigenvalue weighted by Crippen LogP contribution is -2.37. The Kier molecular flexibility index (Phi) is 5.13. The van der Waals surface area contributed by atoms with Crippen LogP contribution in [-0.4, -0.2) is 25.8 Å². The number of ether oxygens (including phenoxy) is 1. The molecule has 0 saturated carbocycles. The van der Waals surface area contributed by atoms with Crippen molar-refractivity contribution in [2.75, 3.05) is 13.7 Å². The number of alkyl halides is 3. The van der Waals surface area contributed by atoms with Gasteiger partial charge in [0.15, 0.2) is 0 Å². The Morgan fingerprint density at radius 2 is 2.11 bits per heavy atom. The van der Waals surface area contributed by atoms with Gasteiger partial charge in [-0.05, 0) is 6.07 Å². The van der Waals surface area contributed by atoms with E-state index in [4.69, 9.17) is 11.6 Å². The molecule has 3 nitrogen and oxygen atoms in total. The fraction of sp³-hybridized carbons (Fsp3) is 0.364. The molecule has 0 aliphatic carbocycles. The van der Waals surface area contributed by atoms with Crippen LogP contribution in [0.1, 0.15) is 11.6 Å². The maximum Gasteiger partial charge on any atom is 0.401 e. The smallest absolute Gasteiger partial charge is 0.401 e. The SMILES string of the molecule is COC(=O)C(NCC(F)(F)F)c1cccc(Cl)c1F. The topological polar surface area (TPSA) is 38.3 Å². The van der Waals surface area contributed by atoms with E-state index in [0.29, 0.717) is 0 Å². The summed E-state index contributed by atoms with van der Waals surface area (Å²) < 4.78 is 54.5. The van der Waals surface area contributed by atoms with Gasteiger partial charge in [0.2, 0.25) is 0 Å². The van der Waals surface area contributed by atoms with Gasteiger partial charge in [-0.2, -0.15) is 13.2 Å². The van der Waals surface area contributed by atoms with Crippen LogP contribution in [0.25, 0.3) is 0 Å². The van der Waals surface area contributed by atoms with Crippen molar-refractivity contribution in [2.24, 2.45) is 0 Å². The van der Waals surface area contributed by atoms with Crippen molar-refractivity contribution in [2.45, 2.75) is 12.2 Å². The zero-order valence-electron chi connectivity index (χ0n) is 9.72. The fourth-order valence-electron chi connectivity index (χ4n) is 1.40. The van der Waals surface area contributed by atoms with E-state index in [1.807, 2.05) is 5.32 Å². The molecule has 0 amide bonds. The van der Waals surface area contributed by atoms with Crippen LogP contribution in [0.15, 0.2) is 18.2 Å². The van der Waals surface area contributed by atoms with E-state index < -0.39 is 30.5 Å². The molecule has 1 unspecified atom stereocenters. The first-order chi connectivity index (χ1) is 8.76. The summed E-state index contributed by atoms with van der Waals surface area (Å²) in [4.78, 5) is 11.4. The molecule has 1 atom stereocenters. The monoisotopic (exact) mass is 299 g/mol. The van der Waals surface area contributed by atoms with Gasteiger partial charge in [-0.25, -0.2) is 9.18 Å². The third kappa shape index (κ3) is 4.36. The van der Waals surface area contributed by atoms with Crippen molar-refractivity contribution in [1.82, 2.24) is 5.32 Å². The molecule has 0 bridgehead atoms. The third-order valence-electron chi connectivity index (χ3n) is 2.24. The quantitative estimate of drug-likeness (QED) is 0.686. The van der Waals surface area contributed by atoms with E-state index in [-0.39, 0.29) is 10.6 Å². The van der Waals surface area contributed by atoms with Crippen LogP contribution in [0.3, 0.4) is 0 Å². The molecule has 0 fully saturated rings. The Labute approximate surface area is 111 Å². The molecule has 1 aromatic rings. The normalized spacial score (nSPS) is 13.2. The Morgan fingerprint density at radius 1 is 1.47 bits per heavy atom. The van der Waals surface area contributed by atoms with E-state index in [2.05, 4.69) is 4.74 Å². The second kappa shape index (κ2) is 6.21. The molecule has 0 aliphatic rings. The van der Waals surface area contributed by atoms with Crippen LogP contribution in [0, 0.1) is 5.82 Å². The molecule has 1 rings (SSSR count). The molecule has 0 saturated heterocycles. The highest BCUT2D eigenvalue weighted by atomic mass is 35.5. The van der Waals surface area contributed by atoms with E-state index >= 15 is 0 Å². The van der Waals surface area contributed by atoms with E-state index in [9.17, 15) is 22.4 Å². The average Bonchev–Trinajstić information content (AvgIpc) is 2.32. The minimum atomic E-state index is -4.54. The van der Waals surface area contributed by atoms with Gasteiger partial charge in [-0.3, -0.25) is 5.32 Å². The number of hydrogen-bond donors (Lipinski definition) is 1. The van der Waals surface area contributed by atoms with Gasteiger partial charge in [-0.15, -0.1) is 0 Å². The van der Waals surface area contributed by atoms with Crippen molar-refractivity contribution in [3.63, 3.8) is 0 Å². The number of halogens is 5. The number of rotatable bonds is 4. The summed E-state index contributed by atoms with van der Waals surface area (Å²) in [5, 5.41) is 1.61. The van der Waals surface area contributed by atoms with Crippen molar-refractivity contribution >= 4 is 17.6 Å². The van der Waals surface area contributed by atoms with Gasteiger partial charge in [0.25, 0.3) is 0 Å². The van der Waals surface area contributed by atoms with Crippen LogP contribution in [-0.2, 0) is 9.53 Å². The summed E-state index contributed by atoms with van der Waals surface area (Å²) in [5.41, 5.74) is -0.302. The Balaban J connectivity index is 3.03. The van der Waals surface area contributed by atoms with E-state index in [1.54, 1.807) is 0 Å². The molecule has 1 N–H and O–H groups in total. The van der Waals surface area contributed by atoms with Crippen molar-refractivity contribution in [3.8, 4) is 0 Å². The third-order valence-corrected chi connectivity index (χ3v) is 2.53. The first kappa shape index (κ1) is 15.7. The van der Waals surface area contributed by atoms with Crippen LogP contribution in [0.5, 0.6) is 0 Å². The van der Waals surface area contributed by atoms with Crippen LogP contribution in [0.4, 0.5) is 17.6 Å². The molecule has 1 aromatic carbocycles. The molecule has 0 radical (unpaired) electrons. The van der Waals surface area contributed by atoms with Gasteiger partial charge in [-0.1, -0.05) is 23.7 Å². The molecule has 8 heteroatoms. The highest BCUT2D eigenvalue weighted by molar-refractivity contribution is 6.30. The molecule has 106 valence electrons. The summed E-state index contributed by atoms with van der Waals surface area (Å²) in [6, 6.07) is 2.13. The average molecular weight is 300 g/mol. The Morgan fingerprint density at radius 3 is 2.63 bits per heavy atom. The molecule has 0 aliphatic heterocycles. The summed E-state index contributed by atoms with van der Waals surface area (Å²) in [6.45, 7) is -1.46. The second-order valence-corrected chi connectivity index (χ2v) is 4.00. The molecule has 19 heavy (non-hydrogen) atoms. The minimum Gasteiger partial charge on any atom is -0.468 e. The van der Waals surface area contributed by atoms with Crippen LogP contribution < -0.4 is 5.32 Å². The summed E-state index contributed by atoms with van der Waals surface area (Å²) in [6.07, 6.45) is -4.54. The van der Waals surface area contributed by atoms with Gasteiger partial charge in [0.1, 0.15) is 11.9 Å². The van der Waals surface area contributed by atoms with Gasteiger partial charge in [0, 0.05) is 5.56 Å². The second-order valence-electron chi connectivity index (χ2n) is 3.60. The maximum atomic E-state index is 13.7. The summed E-state index contributed by atoms with van der Waals surface area (Å²) in [5.74, 6) is -2.00. The maximum absolute atomic E-state index is 13.7. The number of hydrogen-bond acceptors (Lipinski definition) is 3. The zero-order valence-corrected chi connectivity index (χ0v) is 10.5. The van der Waals surface area contributed by atoms with Crippen LogP contribution in [0.2, 0.25) is 5.02 Å². The molecule has 0 spiro atoms. The number of carbonyl (C=O) groups excluding carboxylic acids is 1. The molecular formula is C11H10ClF4NO2. The summed E-state index contributed by atoms with van der Waals surface area (Å²) >= 11 is 5.52. The summed E-state index contributed by atoms with van der Waals surface area (Å²) in [7, 11) is 0.993. The van der Waals surface area contributed by atoms with Crippen LogP contribution >= 0.6 is 11.6 Å². The lowest BCUT2D eigenvalue weighted by Gasteiger charge is -2.18. The molecule has 0 aromatic heterocycles. The molecular weight excluding hydrogens is 290 g/mol. The first-order valence-corrected chi connectivity index (χ1v) is 5.46. The standard InChI is InChI=1S/C11H10ClF4NO2/c1-19-10(18)9(17-5-11(14,15)16)6-3-2-4-7(12)8(6)13/h2-4,9,17H,5H2,1H3. The number of methoxy groups -OCH3 is 1. The number of carbonyl (C=O) groups is 1. The van der Waals surface area contributed by atoms with Gasteiger partial charge in [0.05, 0.1) is 18.7 Å². The fourth-order valence-corrected chi connectivity index (χ4v) is 1.58. The number of esters is 1. The number of benzene rings is 1. The molecule has 0 heterocycles. The van der Waals surface area contributed by atoms with Crippen molar-refractivity contribution in [1.29, 1.82) is 0 Å². The van der Waals surface area contributed by atoms with Gasteiger partial charge >= 0.3 is 12.1 Å². The van der Waals surface area contributed by atoms with Crippen molar-refractivity contribution in [3.05, 3.63) is 34.6 Å². The van der Waals surface area contributed by atoms with E-state index in [0.717, 1.165) is 13.2 Å². The predicted octanol–water partition coefficient (Wildman–Crippen LogP) is 2.85. The minimum absolute atomic E-state index is 0.291. The zero-order chi connectivity index (χ0) is 14.6. The highest BCUT2D eigenvalue weighted by Crippen LogP contribution is 2.25. The van der Waals surface area contributed by atoms with E-state index in [1.165, 1.54) is 12.1 Å². The van der Waals surface area contributed by atoms with Crippen molar-refractivity contribution < 1.29 is 27.1 Å². The highest BCUT2D eigenvalue weighted by Gasteiger charge is 2.32. The largest absolute Gasteiger partial charge is 0.468 e.